The van der Waals surface area contributed by atoms with Crippen molar-refractivity contribution in [1.82, 2.24) is 0 Å². The molecule has 5 nitrogen and oxygen atoms in total. The van der Waals surface area contributed by atoms with Gasteiger partial charge in [0.05, 0.1) is 11.1 Å². The molecule has 2 aliphatic carbocycles. The first-order valence-electron chi connectivity index (χ1n) is 10.3. The molecule has 0 aliphatic heterocycles. The van der Waals surface area contributed by atoms with Crippen LogP contribution in [0.4, 0.5) is 4.79 Å². The Bertz CT molecular complexity index is 1090. The summed E-state index contributed by atoms with van der Waals surface area (Å²) in [6, 6.07) is 13.2. The van der Waals surface area contributed by atoms with Gasteiger partial charge in [-0.15, -0.1) is 0 Å². The average Bonchev–Trinajstić information content (AvgIpc) is 3.60. The lowest BCUT2D eigenvalue weighted by Crippen LogP contribution is -2.20. The van der Waals surface area contributed by atoms with Crippen LogP contribution < -0.4 is 9.47 Å². The summed E-state index contributed by atoms with van der Waals surface area (Å²) in [5.74, 6) is 1.31. The number of ether oxygens (including phenoxy) is 2. The molecule has 2 saturated carbocycles. The Hall–Kier alpha value is -3.31. The van der Waals surface area contributed by atoms with Crippen molar-refractivity contribution in [3.8, 4) is 23.6 Å². The van der Waals surface area contributed by atoms with E-state index in [1.807, 2.05) is 12.1 Å². The molecule has 4 rings (SSSR count). The fourth-order valence-corrected chi connectivity index (χ4v) is 3.93. The predicted molar refractivity (Wildman–Crippen MR) is 112 cm³/mol. The number of hydrogen-bond donors (Lipinski definition) is 0. The standard InChI is InChI=1S/C25H24N2O3/c1-25(2,3)23-19(16-6-7-16)9-11-22(20(23)14-27)30-24(28)29-21-10-8-17(15-4-5-15)12-18(21)13-26/h8-12,15-16H,4-7H2,1-3H3. The Labute approximate surface area is 176 Å². The van der Waals surface area contributed by atoms with Gasteiger partial charge in [-0.3, -0.25) is 0 Å². The van der Waals surface area contributed by atoms with Gasteiger partial charge < -0.3 is 9.47 Å². The number of carbonyl (C=O) groups is 1. The second-order valence-corrected chi connectivity index (χ2v) is 9.13. The van der Waals surface area contributed by atoms with Gasteiger partial charge in [-0.05, 0) is 77.8 Å². The second kappa shape index (κ2) is 7.50. The lowest BCUT2D eigenvalue weighted by Gasteiger charge is -2.25. The molecular formula is C25H24N2O3. The Morgan fingerprint density at radius 3 is 2.13 bits per heavy atom. The zero-order valence-electron chi connectivity index (χ0n) is 17.5. The molecule has 0 amide bonds. The Kier molecular flexibility index (Phi) is 5.00. The number of nitriles is 2. The summed E-state index contributed by atoms with van der Waals surface area (Å²) in [6.07, 6.45) is 3.52. The van der Waals surface area contributed by atoms with Gasteiger partial charge in [0.1, 0.15) is 12.1 Å². The Morgan fingerprint density at radius 2 is 1.57 bits per heavy atom. The van der Waals surface area contributed by atoms with Gasteiger partial charge in [-0.2, -0.15) is 10.5 Å². The molecule has 152 valence electrons. The highest BCUT2D eigenvalue weighted by Gasteiger charge is 2.33. The molecule has 0 atom stereocenters. The van der Waals surface area contributed by atoms with Crippen molar-refractivity contribution in [2.24, 2.45) is 0 Å². The largest absolute Gasteiger partial charge is 0.519 e. The molecule has 30 heavy (non-hydrogen) atoms. The highest BCUT2D eigenvalue weighted by molar-refractivity contribution is 5.71. The topological polar surface area (TPSA) is 83.1 Å². The summed E-state index contributed by atoms with van der Waals surface area (Å²) >= 11 is 0. The van der Waals surface area contributed by atoms with E-state index in [-0.39, 0.29) is 16.9 Å². The molecule has 0 spiro atoms. The van der Waals surface area contributed by atoms with Crippen LogP contribution >= 0.6 is 0 Å². The third-order valence-electron chi connectivity index (χ3n) is 5.64. The summed E-state index contributed by atoms with van der Waals surface area (Å²) in [6.45, 7) is 6.16. The maximum atomic E-state index is 12.5. The number of carbonyl (C=O) groups excluding carboxylic acids is 1. The van der Waals surface area contributed by atoms with E-state index in [1.165, 1.54) is 0 Å². The van der Waals surface area contributed by atoms with Gasteiger partial charge in [0, 0.05) is 0 Å². The molecule has 0 saturated heterocycles. The third kappa shape index (κ3) is 4.02. The minimum atomic E-state index is -0.957. The van der Waals surface area contributed by atoms with Crippen LogP contribution in [0.15, 0.2) is 30.3 Å². The fourth-order valence-electron chi connectivity index (χ4n) is 3.93. The van der Waals surface area contributed by atoms with Gasteiger partial charge in [-0.1, -0.05) is 32.9 Å². The molecule has 0 radical (unpaired) electrons. The van der Waals surface area contributed by atoms with Crippen LogP contribution in [0.25, 0.3) is 0 Å². The molecule has 0 bridgehead atoms. The van der Waals surface area contributed by atoms with Crippen LogP contribution in [0.2, 0.25) is 0 Å². The maximum Gasteiger partial charge on any atom is 0.519 e. The summed E-state index contributed by atoms with van der Waals surface area (Å²) in [5, 5.41) is 19.3. The molecule has 0 unspecified atom stereocenters. The predicted octanol–water partition coefficient (Wildman–Crippen LogP) is 6.06. The smallest absolute Gasteiger partial charge is 0.393 e. The number of rotatable bonds is 4. The van der Waals surface area contributed by atoms with E-state index in [0.717, 1.165) is 42.4 Å². The van der Waals surface area contributed by atoms with E-state index in [1.54, 1.807) is 18.2 Å². The number of hydrogen-bond acceptors (Lipinski definition) is 5. The molecule has 5 heteroatoms. The van der Waals surface area contributed by atoms with E-state index in [2.05, 4.69) is 32.9 Å². The van der Waals surface area contributed by atoms with Crippen LogP contribution in [-0.2, 0) is 5.41 Å². The first kappa shape index (κ1) is 20.0. The highest BCUT2D eigenvalue weighted by Crippen LogP contribution is 2.47. The molecule has 0 heterocycles. The lowest BCUT2D eigenvalue weighted by atomic mass is 9.79. The van der Waals surface area contributed by atoms with Crippen molar-refractivity contribution in [2.75, 3.05) is 0 Å². The van der Waals surface area contributed by atoms with E-state index in [0.29, 0.717) is 23.0 Å². The molecule has 2 aliphatic rings. The summed E-state index contributed by atoms with van der Waals surface area (Å²) in [4.78, 5) is 12.5. The summed E-state index contributed by atoms with van der Waals surface area (Å²) in [7, 11) is 0. The SMILES string of the molecule is CC(C)(C)c1c(C2CC2)ccc(OC(=O)Oc2ccc(C3CC3)cc2C#N)c1C#N. The minimum absolute atomic E-state index is 0.163. The molecule has 2 fully saturated rings. The van der Waals surface area contributed by atoms with Crippen LogP contribution in [0.1, 0.15) is 86.1 Å². The first-order chi connectivity index (χ1) is 14.3. The molecule has 2 aromatic carbocycles. The summed E-state index contributed by atoms with van der Waals surface area (Å²) in [5.41, 5.74) is 3.57. The van der Waals surface area contributed by atoms with Crippen molar-refractivity contribution in [3.05, 3.63) is 58.1 Å². The van der Waals surface area contributed by atoms with E-state index < -0.39 is 6.16 Å². The van der Waals surface area contributed by atoms with Crippen molar-refractivity contribution in [2.45, 2.75) is 63.7 Å². The lowest BCUT2D eigenvalue weighted by molar-refractivity contribution is 0.151. The van der Waals surface area contributed by atoms with Crippen LogP contribution in [0.3, 0.4) is 0 Å². The van der Waals surface area contributed by atoms with Crippen LogP contribution in [-0.4, -0.2) is 6.16 Å². The van der Waals surface area contributed by atoms with Crippen LogP contribution in [0, 0.1) is 22.7 Å². The van der Waals surface area contributed by atoms with Gasteiger partial charge in [0.15, 0.2) is 11.5 Å². The minimum Gasteiger partial charge on any atom is -0.393 e. The third-order valence-corrected chi connectivity index (χ3v) is 5.64. The first-order valence-corrected chi connectivity index (χ1v) is 10.3. The van der Waals surface area contributed by atoms with Gasteiger partial charge >= 0.3 is 6.16 Å². The molecule has 2 aromatic rings. The zero-order valence-corrected chi connectivity index (χ0v) is 17.5. The number of nitrogens with zero attached hydrogens (tertiary/aromatic N) is 2. The highest BCUT2D eigenvalue weighted by atomic mass is 16.7. The second-order valence-electron chi connectivity index (χ2n) is 9.13. The molecule has 0 aromatic heterocycles. The molecular weight excluding hydrogens is 376 g/mol. The normalized spacial score (nSPS) is 15.8. The average molecular weight is 400 g/mol. The molecule has 0 N–H and O–H groups in total. The van der Waals surface area contributed by atoms with Crippen molar-refractivity contribution >= 4 is 6.16 Å². The summed E-state index contributed by atoms with van der Waals surface area (Å²) < 4.78 is 10.7. The quantitative estimate of drug-likeness (QED) is 0.460. The van der Waals surface area contributed by atoms with Gasteiger partial charge in [-0.25, -0.2) is 4.79 Å². The van der Waals surface area contributed by atoms with E-state index in [9.17, 15) is 15.3 Å². The van der Waals surface area contributed by atoms with Gasteiger partial charge in [0.25, 0.3) is 0 Å². The van der Waals surface area contributed by atoms with Crippen LogP contribution in [0.5, 0.6) is 11.5 Å². The fraction of sp³-hybridized carbons (Fsp3) is 0.400. The number of benzene rings is 2. The van der Waals surface area contributed by atoms with Crippen molar-refractivity contribution in [1.29, 1.82) is 10.5 Å². The van der Waals surface area contributed by atoms with Crippen molar-refractivity contribution < 1.29 is 14.3 Å². The van der Waals surface area contributed by atoms with Gasteiger partial charge in [0.2, 0.25) is 0 Å². The Balaban J connectivity index is 1.59. The van der Waals surface area contributed by atoms with E-state index >= 15 is 0 Å². The zero-order chi connectivity index (χ0) is 21.5. The monoisotopic (exact) mass is 400 g/mol. The van der Waals surface area contributed by atoms with E-state index in [4.69, 9.17) is 9.47 Å². The maximum absolute atomic E-state index is 12.5. The van der Waals surface area contributed by atoms with Crippen molar-refractivity contribution in [3.63, 3.8) is 0 Å². The Morgan fingerprint density at radius 1 is 0.933 bits per heavy atom.